The van der Waals surface area contributed by atoms with Crippen LogP contribution in [0.5, 0.6) is 5.75 Å². The van der Waals surface area contributed by atoms with Crippen LogP contribution in [0.25, 0.3) is 0 Å². The molecule has 0 radical (unpaired) electrons. The van der Waals surface area contributed by atoms with Crippen LogP contribution in [-0.4, -0.2) is 42.3 Å². The summed E-state index contributed by atoms with van der Waals surface area (Å²) in [6.45, 7) is 2.98. The number of amides is 2. The van der Waals surface area contributed by atoms with Crippen LogP contribution in [0.15, 0.2) is 35.7 Å². The van der Waals surface area contributed by atoms with Gasteiger partial charge in [0, 0.05) is 18.5 Å². The molecule has 1 aromatic heterocycles. The van der Waals surface area contributed by atoms with Crippen molar-refractivity contribution in [1.29, 1.82) is 0 Å². The van der Waals surface area contributed by atoms with Gasteiger partial charge in [-0.25, -0.2) is 14.8 Å². The second-order valence-electron chi connectivity index (χ2n) is 4.89. The normalized spacial score (nSPS) is 15.1. The fourth-order valence-corrected chi connectivity index (χ4v) is 2.70. The summed E-state index contributed by atoms with van der Waals surface area (Å²) >= 11 is 1.44. The minimum Gasteiger partial charge on any atom is -0.486 e. The minimum atomic E-state index is -0.298. The molecule has 1 aromatic carbocycles. The molecule has 0 bridgehead atoms. The highest BCUT2D eigenvalue weighted by Crippen LogP contribution is 2.17. The molecule has 2 amide bonds. The van der Waals surface area contributed by atoms with Gasteiger partial charge in [-0.3, -0.25) is 10.7 Å². The smallest absolute Gasteiger partial charge is 0.334 e. The summed E-state index contributed by atoms with van der Waals surface area (Å²) in [5, 5.41) is 7.14. The average molecular weight is 334 g/mol. The second kappa shape index (κ2) is 7.91. The van der Waals surface area contributed by atoms with Gasteiger partial charge in [-0.2, -0.15) is 0 Å². The number of hydrogen-bond donors (Lipinski definition) is 2. The van der Waals surface area contributed by atoms with Crippen LogP contribution in [0, 0.1) is 0 Å². The molecule has 0 atom stereocenters. The van der Waals surface area contributed by atoms with Gasteiger partial charge in [-0.1, -0.05) is 18.2 Å². The Morgan fingerprint density at radius 2 is 2.09 bits per heavy atom. The molecule has 1 aliphatic heterocycles. The molecular weight excluding hydrogens is 316 g/mol. The number of nitrogens with zero attached hydrogens (tertiary/aromatic N) is 2. The van der Waals surface area contributed by atoms with E-state index in [4.69, 9.17) is 9.47 Å². The number of thiazole rings is 1. The SMILES string of the molecule is O=C(Nc1csc(COc2ccccc2)n1)NN1CCOCC1. The number of nitrogens with one attached hydrogen (secondary N) is 2. The van der Waals surface area contributed by atoms with Gasteiger partial charge >= 0.3 is 6.03 Å². The van der Waals surface area contributed by atoms with Crippen molar-refractivity contribution in [3.05, 3.63) is 40.7 Å². The van der Waals surface area contributed by atoms with Gasteiger partial charge in [0.1, 0.15) is 23.2 Å². The Balaban J connectivity index is 1.45. The summed E-state index contributed by atoms with van der Waals surface area (Å²) in [5.74, 6) is 1.31. The van der Waals surface area contributed by atoms with E-state index in [9.17, 15) is 4.79 Å². The monoisotopic (exact) mass is 334 g/mol. The number of anilines is 1. The zero-order valence-electron chi connectivity index (χ0n) is 12.5. The Kier molecular flexibility index (Phi) is 5.41. The maximum atomic E-state index is 11.9. The molecule has 0 aliphatic carbocycles. The molecule has 7 nitrogen and oxygen atoms in total. The van der Waals surface area contributed by atoms with Gasteiger partial charge in [0.2, 0.25) is 0 Å². The van der Waals surface area contributed by atoms with E-state index in [0.717, 1.165) is 10.8 Å². The first-order valence-electron chi connectivity index (χ1n) is 7.32. The molecule has 3 rings (SSSR count). The largest absolute Gasteiger partial charge is 0.486 e. The fourth-order valence-electron chi connectivity index (χ4n) is 2.06. The highest BCUT2D eigenvalue weighted by molar-refractivity contribution is 7.10. The number of aromatic nitrogens is 1. The lowest BCUT2D eigenvalue weighted by atomic mass is 10.3. The number of rotatable bonds is 5. The number of ether oxygens (including phenoxy) is 2. The van der Waals surface area contributed by atoms with Crippen LogP contribution in [0.3, 0.4) is 0 Å². The van der Waals surface area contributed by atoms with Crippen LogP contribution >= 0.6 is 11.3 Å². The Bertz CT molecular complexity index is 629. The Labute approximate surface area is 138 Å². The molecule has 8 heteroatoms. The summed E-state index contributed by atoms with van der Waals surface area (Å²) in [5.41, 5.74) is 2.77. The van der Waals surface area contributed by atoms with Gasteiger partial charge in [0.25, 0.3) is 0 Å². The lowest BCUT2D eigenvalue weighted by molar-refractivity contribution is 0.0207. The van der Waals surface area contributed by atoms with E-state index in [1.807, 2.05) is 35.3 Å². The third-order valence-corrected chi connectivity index (χ3v) is 3.99. The fraction of sp³-hybridized carbons (Fsp3) is 0.333. The second-order valence-corrected chi connectivity index (χ2v) is 5.84. The van der Waals surface area contributed by atoms with Crippen molar-refractivity contribution < 1.29 is 14.3 Å². The Hall–Kier alpha value is -2.16. The van der Waals surface area contributed by atoms with Gasteiger partial charge in [-0.15, -0.1) is 11.3 Å². The van der Waals surface area contributed by atoms with Crippen molar-refractivity contribution in [3.63, 3.8) is 0 Å². The van der Waals surface area contributed by atoms with Crippen molar-refractivity contribution in [1.82, 2.24) is 15.4 Å². The zero-order chi connectivity index (χ0) is 15.9. The number of carbonyl (C=O) groups is 1. The summed E-state index contributed by atoms with van der Waals surface area (Å²) in [4.78, 5) is 16.2. The van der Waals surface area contributed by atoms with E-state index in [1.165, 1.54) is 11.3 Å². The van der Waals surface area contributed by atoms with Gasteiger partial charge < -0.3 is 9.47 Å². The van der Waals surface area contributed by atoms with E-state index < -0.39 is 0 Å². The molecule has 23 heavy (non-hydrogen) atoms. The quantitative estimate of drug-likeness (QED) is 0.876. The highest BCUT2D eigenvalue weighted by atomic mass is 32.1. The molecule has 0 spiro atoms. The number of hydrogen-bond acceptors (Lipinski definition) is 6. The van der Waals surface area contributed by atoms with Gasteiger partial charge in [-0.05, 0) is 12.1 Å². The number of carbonyl (C=O) groups excluding carboxylic acids is 1. The number of benzene rings is 1. The maximum absolute atomic E-state index is 11.9. The number of para-hydroxylation sites is 1. The summed E-state index contributed by atoms with van der Waals surface area (Å²) in [6.07, 6.45) is 0. The van der Waals surface area contributed by atoms with Crippen LogP contribution in [-0.2, 0) is 11.3 Å². The van der Waals surface area contributed by atoms with Crippen molar-refractivity contribution in [2.45, 2.75) is 6.61 Å². The average Bonchev–Trinajstić information content (AvgIpc) is 3.02. The Morgan fingerprint density at radius 3 is 2.87 bits per heavy atom. The summed E-state index contributed by atoms with van der Waals surface area (Å²) < 4.78 is 10.9. The van der Waals surface area contributed by atoms with E-state index in [0.29, 0.717) is 38.7 Å². The van der Waals surface area contributed by atoms with E-state index in [1.54, 1.807) is 5.38 Å². The molecule has 1 aliphatic rings. The number of urea groups is 1. The van der Waals surface area contributed by atoms with Crippen molar-refractivity contribution in [2.75, 3.05) is 31.6 Å². The van der Waals surface area contributed by atoms with Crippen LogP contribution in [0.2, 0.25) is 0 Å². The zero-order valence-corrected chi connectivity index (χ0v) is 13.3. The van der Waals surface area contributed by atoms with E-state index >= 15 is 0 Å². The predicted molar refractivity (Wildman–Crippen MR) is 87.4 cm³/mol. The predicted octanol–water partition coefficient (Wildman–Crippen LogP) is 2.09. The van der Waals surface area contributed by atoms with Gasteiger partial charge in [0.15, 0.2) is 0 Å². The van der Waals surface area contributed by atoms with Gasteiger partial charge in [0.05, 0.1) is 13.2 Å². The summed E-state index contributed by atoms with van der Waals surface area (Å²) in [6, 6.07) is 9.25. The lowest BCUT2D eigenvalue weighted by Crippen LogP contribution is -2.49. The molecule has 2 N–H and O–H groups in total. The first kappa shape index (κ1) is 15.7. The summed E-state index contributed by atoms with van der Waals surface area (Å²) in [7, 11) is 0. The molecule has 0 unspecified atom stereocenters. The third kappa shape index (κ3) is 4.92. The molecule has 122 valence electrons. The van der Waals surface area contributed by atoms with Crippen LogP contribution in [0.4, 0.5) is 10.6 Å². The van der Waals surface area contributed by atoms with E-state index in [2.05, 4.69) is 15.7 Å². The molecule has 2 heterocycles. The molecule has 2 aromatic rings. The van der Waals surface area contributed by atoms with Crippen LogP contribution < -0.4 is 15.5 Å². The standard InChI is InChI=1S/C15H18N4O3S/c20-15(18-19-6-8-21-9-7-19)17-13-11-23-14(16-13)10-22-12-4-2-1-3-5-12/h1-5,11H,6-10H2,(H2,17,18,20). The number of morpholine rings is 1. The third-order valence-electron chi connectivity index (χ3n) is 3.17. The molecule has 0 saturated carbocycles. The maximum Gasteiger partial charge on any atom is 0.334 e. The molecular formula is C15H18N4O3S. The van der Waals surface area contributed by atoms with Crippen molar-refractivity contribution in [2.24, 2.45) is 0 Å². The number of hydrazine groups is 1. The van der Waals surface area contributed by atoms with Crippen molar-refractivity contribution >= 4 is 23.2 Å². The molecule has 1 fully saturated rings. The lowest BCUT2D eigenvalue weighted by Gasteiger charge is -2.26. The van der Waals surface area contributed by atoms with E-state index in [-0.39, 0.29) is 6.03 Å². The topological polar surface area (TPSA) is 75.7 Å². The highest BCUT2D eigenvalue weighted by Gasteiger charge is 2.13. The minimum absolute atomic E-state index is 0.298. The molecule has 1 saturated heterocycles. The first-order chi connectivity index (χ1) is 11.3. The van der Waals surface area contributed by atoms with Crippen molar-refractivity contribution in [3.8, 4) is 5.75 Å². The van der Waals surface area contributed by atoms with Crippen LogP contribution in [0.1, 0.15) is 5.01 Å². The Morgan fingerprint density at radius 1 is 1.30 bits per heavy atom. The first-order valence-corrected chi connectivity index (χ1v) is 8.20.